The monoisotopic (exact) mass is 416 g/mol. The highest BCUT2D eigenvalue weighted by Gasteiger charge is 2.24. The smallest absolute Gasteiger partial charge is 0.356 e. The summed E-state index contributed by atoms with van der Waals surface area (Å²) in [4.78, 5) is 23.9. The number of carbonyl (C=O) groups excluding carboxylic acids is 2. The summed E-state index contributed by atoms with van der Waals surface area (Å²) in [6.07, 6.45) is 0. The number of sulfonamides is 1. The van der Waals surface area contributed by atoms with Gasteiger partial charge in [0.1, 0.15) is 4.88 Å². The first-order chi connectivity index (χ1) is 12.2. The zero-order chi connectivity index (χ0) is 19.5. The van der Waals surface area contributed by atoms with Crippen molar-refractivity contribution in [3.63, 3.8) is 0 Å². The summed E-state index contributed by atoms with van der Waals surface area (Å²) in [7, 11) is -0.0294. The van der Waals surface area contributed by atoms with Crippen LogP contribution in [0.15, 0.2) is 32.9 Å². The average Bonchev–Trinajstić information content (AvgIpc) is 2.95. The van der Waals surface area contributed by atoms with E-state index in [1.165, 1.54) is 38.0 Å². The minimum absolute atomic E-state index is 0.00674. The number of thiazole rings is 1. The molecule has 2 aromatic rings. The van der Waals surface area contributed by atoms with E-state index in [-0.39, 0.29) is 15.5 Å². The van der Waals surface area contributed by atoms with Crippen molar-refractivity contribution >= 4 is 44.4 Å². The molecule has 0 unspecified atom stereocenters. The van der Waals surface area contributed by atoms with Gasteiger partial charge in [-0.3, -0.25) is 0 Å². The van der Waals surface area contributed by atoms with Crippen LogP contribution in [0.1, 0.15) is 25.7 Å². The highest BCUT2D eigenvalue weighted by atomic mass is 32.2. The van der Waals surface area contributed by atoms with Gasteiger partial charge in [-0.15, -0.1) is 0 Å². The van der Waals surface area contributed by atoms with E-state index in [0.717, 1.165) is 16.9 Å². The van der Waals surface area contributed by atoms with Gasteiger partial charge >= 0.3 is 11.9 Å². The van der Waals surface area contributed by atoms with E-state index >= 15 is 0 Å². The van der Waals surface area contributed by atoms with Crippen molar-refractivity contribution in [2.24, 2.45) is 10.8 Å². The lowest BCUT2D eigenvalue weighted by Crippen LogP contribution is -2.13. The maximum absolute atomic E-state index is 12.3. The molecule has 11 heteroatoms. The van der Waals surface area contributed by atoms with Gasteiger partial charge in [0, 0.05) is 18.2 Å². The Morgan fingerprint density at radius 1 is 1.12 bits per heavy atom. The van der Waals surface area contributed by atoms with Crippen molar-refractivity contribution in [2.45, 2.75) is 11.8 Å². The van der Waals surface area contributed by atoms with E-state index in [0.29, 0.717) is 15.1 Å². The van der Waals surface area contributed by atoms with Crippen molar-refractivity contribution in [3.8, 4) is 0 Å². The molecule has 1 aromatic carbocycles. The van der Waals surface area contributed by atoms with Crippen molar-refractivity contribution in [2.75, 3.05) is 14.2 Å². The standard InChI is InChI=1S/C15H16N2O6S3/c1-9-5-7-10(8-6-9)26(20,21)16-25-15-17(2)11(13(18)22-3)12(24-15)14(19)23-4/h5-8H,1-4H3. The Hall–Kier alpha value is -2.24. The van der Waals surface area contributed by atoms with Crippen LogP contribution in [0.3, 0.4) is 0 Å². The first-order valence-electron chi connectivity index (χ1n) is 7.11. The van der Waals surface area contributed by atoms with E-state index in [9.17, 15) is 18.0 Å². The second-order valence-corrected chi connectivity index (χ2v) is 8.89. The Kier molecular flexibility index (Phi) is 6.16. The number of nitrogens with zero attached hydrogens (tertiary/aromatic N) is 2. The minimum Gasteiger partial charge on any atom is -0.465 e. The van der Waals surface area contributed by atoms with Crippen LogP contribution in [0, 0.1) is 10.9 Å². The fourth-order valence-electron chi connectivity index (χ4n) is 1.92. The Bertz CT molecular complexity index is 1060. The van der Waals surface area contributed by atoms with Crippen molar-refractivity contribution in [1.82, 2.24) is 4.57 Å². The Balaban J connectivity index is 2.65. The quantitative estimate of drug-likeness (QED) is 0.559. The lowest BCUT2D eigenvalue weighted by molar-refractivity contribution is 0.0551. The zero-order valence-corrected chi connectivity index (χ0v) is 16.8. The molecule has 0 fully saturated rings. The van der Waals surface area contributed by atoms with Gasteiger partial charge in [0.2, 0.25) is 0 Å². The molecule has 0 saturated carbocycles. The molecule has 0 amide bonds. The van der Waals surface area contributed by atoms with E-state index in [4.69, 9.17) is 0 Å². The Morgan fingerprint density at radius 2 is 1.69 bits per heavy atom. The minimum atomic E-state index is -3.90. The molecule has 2 rings (SSSR count). The summed E-state index contributed by atoms with van der Waals surface area (Å²) in [6.45, 7) is 1.84. The third-order valence-electron chi connectivity index (χ3n) is 3.30. The number of benzene rings is 1. The molecule has 0 radical (unpaired) electrons. The molecule has 140 valence electrons. The molecule has 26 heavy (non-hydrogen) atoms. The fraction of sp³-hybridized carbons (Fsp3) is 0.267. The van der Waals surface area contributed by atoms with Crippen LogP contribution in [-0.2, 0) is 37.7 Å². The zero-order valence-electron chi connectivity index (χ0n) is 14.4. The number of rotatable bonds is 4. The predicted molar refractivity (Wildman–Crippen MR) is 97.4 cm³/mol. The largest absolute Gasteiger partial charge is 0.465 e. The molecule has 0 bridgehead atoms. The molecular formula is C15H16N2O6S3. The first-order valence-corrected chi connectivity index (χ1v) is 10.1. The molecule has 0 atom stereocenters. The Morgan fingerprint density at radius 3 is 2.23 bits per heavy atom. The van der Waals surface area contributed by atoms with Gasteiger partial charge in [-0.2, -0.15) is 8.42 Å². The number of hydrogen-bond acceptors (Lipinski definition) is 7. The second kappa shape index (κ2) is 7.98. The van der Waals surface area contributed by atoms with Crippen LogP contribution in [0.2, 0.25) is 0 Å². The van der Waals surface area contributed by atoms with Crippen LogP contribution in [0.25, 0.3) is 0 Å². The number of hydrogen-bond donors (Lipinski definition) is 0. The van der Waals surface area contributed by atoms with Crippen LogP contribution >= 0.6 is 11.3 Å². The number of esters is 2. The first kappa shape index (κ1) is 20.1. The van der Waals surface area contributed by atoms with Gasteiger partial charge in [0.25, 0.3) is 10.0 Å². The summed E-state index contributed by atoms with van der Waals surface area (Å²) in [6, 6.07) is 6.26. The molecule has 0 N–H and O–H groups in total. The van der Waals surface area contributed by atoms with E-state index in [1.54, 1.807) is 12.1 Å². The topological polar surface area (TPSA) is 104 Å². The second-order valence-electron chi connectivity index (χ2n) is 5.04. The summed E-state index contributed by atoms with van der Waals surface area (Å²) in [5.74, 6) is -1.46. The lowest BCUT2D eigenvalue weighted by atomic mass is 10.2. The van der Waals surface area contributed by atoms with Gasteiger partial charge in [-0.25, -0.2) is 9.59 Å². The molecule has 0 aliphatic carbocycles. The number of aryl methyl sites for hydroxylation is 1. The number of ether oxygens (including phenoxy) is 2. The van der Waals surface area contributed by atoms with E-state index < -0.39 is 22.0 Å². The van der Waals surface area contributed by atoms with Gasteiger partial charge in [0.05, 0.1) is 19.1 Å². The van der Waals surface area contributed by atoms with Crippen LogP contribution in [0.4, 0.5) is 0 Å². The highest BCUT2D eigenvalue weighted by molar-refractivity contribution is 7.94. The third kappa shape index (κ3) is 4.11. The normalized spacial score (nSPS) is 10.9. The van der Waals surface area contributed by atoms with E-state index in [2.05, 4.69) is 13.2 Å². The highest BCUT2D eigenvalue weighted by Crippen LogP contribution is 2.20. The molecule has 1 aromatic heterocycles. The maximum atomic E-state index is 12.3. The number of methoxy groups -OCH3 is 2. The molecule has 0 spiro atoms. The van der Waals surface area contributed by atoms with Crippen LogP contribution < -0.4 is 0 Å². The molecular weight excluding hydrogens is 400 g/mol. The molecule has 0 aliphatic rings. The number of aromatic nitrogens is 1. The molecule has 0 aliphatic heterocycles. The Labute approximate surface area is 157 Å². The molecule has 0 saturated heterocycles. The van der Waals surface area contributed by atoms with Crippen molar-refractivity contribution in [3.05, 3.63) is 44.4 Å². The summed E-state index contributed by atoms with van der Waals surface area (Å²) < 4.78 is 39.3. The third-order valence-corrected chi connectivity index (χ3v) is 7.16. The predicted octanol–water partition coefficient (Wildman–Crippen LogP) is 2.16. The lowest BCUT2D eigenvalue weighted by Gasteiger charge is -2.02. The van der Waals surface area contributed by atoms with Crippen LogP contribution in [-0.4, -0.2) is 39.1 Å². The van der Waals surface area contributed by atoms with Crippen molar-refractivity contribution < 1.29 is 27.5 Å². The average molecular weight is 417 g/mol. The number of carbonyl (C=O) groups is 2. The molecule has 1 heterocycles. The van der Waals surface area contributed by atoms with Gasteiger partial charge in [0.15, 0.2) is 9.65 Å². The van der Waals surface area contributed by atoms with Crippen molar-refractivity contribution in [1.29, 1.82) is 0 Å². The van der Waals surface area contributed by atoms with Gasteiger partial charge in [-0.1, -0.05) is 32.8 Å². The summed E-state index contributed by atoms with van der Waals surface area (Å²) in [5, 5.41) is 0. The maximum Gasteiger partial charge on any atom is 0.356 e. The molecule has 8 nitrogen and oxygen atoms in total. The van der Waals surface area contributed by atoms with Gasteiger partial charge < -0.3 is 14.0 Å². The van der Waals surface area contributed by atoms with Crippen LogP contribution in [0.5, 0.6) is 0 Å². The SMILES string of the molecule is COC(=O)c1sc(=S=NS(=O)(=O)c2ccc(C)cc2)n(C)c1C(=O)OC. The van der Waals surface area contributed by atoms with Gasteiger partial charge in [-0.05, 0) is 19.1 Å². The summed E-state index contributed by atoms with van der Waals surface area (Å²) in [5.41, 5.74) is 0.890. The fourth-order valence-corrected chi connectivity index (χ4v) is 5.16. The van der Waals surface area contributed by atoms with E-state index in [1.807, 2.05) is 6.92 Å². The summed E-state index contributed by atoms with van der Waals surface area (Å²) >= 11 is 1.54.